The van der Waals surface area contributed by atoms with Crippen LogP contribution in [0.5, 0.6) is 5.75 Å². The van der Waals surface area contributed by atoms with E-state index in [2.05, 4.69) is 22.3 Å². The molecule has 0 heterocycles. The molecule has 1 aliphatic carbocycles. The van der Waals surface area contributed by atoms with E-state index in [0.29, 0.717) is 13.2 Å². The first-order chi connectivity index (χ1) is 11.9. The van der Waals surface area contributed by atoms with Crippen LogP contribution in [0.3, 0.4) is 0 Å². The van der Waals surface area contributed by atoms with E-state index in [9.17, 15) is 4.79 Å². The number of hydrogen-bond acceptors (Lipinski definition) is 4. The molecule has 3 N–H and O–H groups in total. The zero-order chi connectivity index (χ0) is 18.3. The Bertz CT molecular complexity index is 551. The molecule has 1 aromatic carbocycles. The second kappa shape index (κ2) is 12.4. The summed E-state index contributed by atoms with van der Waals surface area (Å²) in [5.41, 5.74) is 7.13. The van der Waals surface area contributed by atoms with Gasteiger partial charge in [-0.2, -0.15) is 0 Å². The van der Waals surface area contributed by atoms with Crippen molar-refractivity contribution in [3.63, 3.8) is 0 Å². The number of rotatable bonds is 8. The zero-order valence-electron chi connectivity index (χ0n) is 16.7. The van der Waals surface area contributed by atoms with Crippen LogP contribution < -0.4 is 15.8 Å². The van der Waals surface area contributed by atoms with Gasteiger partial charge in [0.05, 0.1) is 5.92 Å². The summed E-state index contributed by atoms with van der Waals surface area (Å²) in [4.78, 5) is 14.5. The Morgan fingerprint density at radius 3 is 2.52 bits per heavy atom. The van der Waals surface area contributed by atoms with Crippen molar-refractivity contribution in [1.29, 1.82) is 0 Å². The summed E-state index contributed by atoms with van der Waals surface area (Å²) in [7, 11) is 4.06. The molecule has 2 rings (SSSR count). The van der Waals surface area contributed by atoms with Crippen LogP contribution in [-0.2, 0) is 11.2 Å². The molecule has 0 radical (unpaired) electrons. The highest BCUT2D eigenvalue weighted by atomic mass is 35.5. The van der Waals surface area contributed by atoms with Gasteiger partial charge in [0, 0.05) is 18.6 Å². The zero-order valence-corrected chi connectivity index (χ0v) is 18.3. The first kappa shape index (κ1) is 26.0. The van der Waals surface area contributed by atoms with Crippen molar-refractivity contribution in [2.45, 2.75) is 44.6 Å². The monoisotopic (exact) mass is 419 g/mol. The number of halogens is 2. The minimum absolute atomic E-state index is 0. The van der Waals surface area contributed by atoms with Gasteiger partial charge in [0.25, 0.3) is 0 Å². The van der Waals surface area contributed by atoms with Crippen molar-refractivity contribution in [3.8, 4) is 5.75 Å². The number of benzene rings is 1. The molecule has 1 amide bonds. The Morgan fingerprint density at radius 2 is 1.93 bits per heavy atom. The van der Waals surface area contributed by atoms with Crippen LogP contribution in [0.4, 0.5) is 0 Å². The standard InChI is InChI=1S/C20H33N3O2.2ClH/c1-20(21)12-5-4-6-18(20)19(24)22-13-11-16-7-9-17(10-8-16)25-15-14-23(2)3;;/h7-10,18H,4-6,11-15,21H2,1-3H3,(H,22,24);2*1H. The van der Waals surface area contributed by atoms with Crippen molar-refractivity contribution < 1.29 is 9.53 Å². The first-order valence-corrected chi connectivity index (χ1v) is 9.31. The maximum absolute atomic E-state index is 12.4. The molecule has 0 bridgehead atoms. The van der Waals surface area contributed by atoms with Crippen molar-refractivity contribution in [3.05, 3.63) is 29.8 Å². The number of nitrogens with two attached hydrogens (primary N) is 1. The summed E-state index contributed by atoms with van der Waals surface area (Å²) in [6.45, 7) is 4.23. The maximum Gasteiger partial charge on any atom is 0.224 e. The van der Waals surface area contributed by atoms with Crippen LogP contribution in [0.1, 0.15) is 38.2 Å². The van der Waals surface area contributed by atoms with Gasteiger partial charge in [-0.15, -0.1) is 24.8 Å². The minimum atomic E-state index is -0.367. The fourth-order valence-electron chi connectivity index (χ4n) is 3.34. The number of amides is 1. The molecular weight excluding hydrogens is 385 g/mol. The molecule has 1 aromatic rings. The number of nitrogens with zero attached hydrogens (tertiary/aromatic N) is 1. The van der Waals surface area contributed by atoms with Gasteiger partial charge in [-0.25, -0.2) is 0 Å². The molecule has 1 aliphatic rings. The molecule has 2 unspecified atom stereocenters. The molecule has 2 atom stereocenters. The topological polar surface area (TPSA) is 67.6 Å². The lowest BCUT2D eigenvalue weighted by molar-refractivity contribution is -0.128. The molecule has 7 heteroatoms. The molecule has 0 aromatic heterocycles. The largest absolute Gasteiger partial charge is 0.492 e. The fraction of sp³-hybridized carbons (Fsp3) is 0.650. The van der Waals surface area contributed by atoms with Crippen LogP contribution in [0.2, 0.25) is 0 Å². The van der Waals surface area contributed by atoms with Crippen molar-refractivity contribution >= 4 is 30.7 Å². The second-order valence-corrected chi connectivity index (χ2v) is 7.64. The van der Waals surface area contributed by atoms with Crippen LogP contribution in [0.25, 0.3) is 0 Å². The number of likely N-dealkylation sites (N-methyl/N-ethyl adjacent to an activating group) is 1. The number of nitrogens with one attached hydrogen (secondary N) is 1. The summed E-state index contributed by atoms with van der Waals surface area (Å²) in [6.07, 6.45) is 4.87. The molecule has 1 saturated carbocycles. The fourth-order valence-corrected chi connectivity index (χ4v) is 3.34. The second-order valence-electron chi connectivity index (χ2n) is 7.64. The van der Waals surface area contributed by atoms with Crippen molar-refractivity contribution in [2.75, 3.05) is 33.8 Å². The number of carbonyl (C=O) groups is 1. The third-order valence-electron chi connectivity index (χ3n) is 5.01. The number of carbonyl (C=O) groups excluding carboxylic acids is 1. The van der Waals surface area contributed by atoms with Gasteiger partial charge in [0.2, 0.25) is 5.91 Å². The van der Waals surface area contributed by atoms with Gasteiger partial charge in [-0.3, -0.25) is 4.79 Å². The molecule has 1 fully saturated rings. The molecule has 156 valence electrons. The SMILES string of the molecule is CN(C)CCOc1ccc(CCNC(=O)C2CCCCC2(C)N)cc1.Cl.Cl. The van der Waals surface area contributed by atoms with Gasteiger partial charge >= 0.3 is 0 Å². The van der Waals surface area contributed by atoms with Crippen LogP contribution >= 0.6 is 24.8 Å². The summed E-state index contributed by atoms with van der Waals surface area (Å²) < 4.78 is 5.69. The van der Waals surface area contributed by atoms with Crippen LogP contribution in [-0.4, -0.2) is 50.1 Å². The maximum atomic E-state index is 12.4. The van der Waals surface area contributed by atoms with E-state index < -0.39 is 0 Å². The van der Waals surface area contributed by atoms with E-state index in [4.69, 9.17) is 10.5 Å². The van der Waals surface area contributed by atoms with E-state index >= 15 is 0 Å². The van der Waals surface area contributed by atoms with E-state index in [1.54, 1.807) is 0 Å². The Hall–Kier alpha value is -1.01. The van der Waals surface area contributed by atoms with Crippen LogP contribution in [0.15, 0.2) is 24.3 Å². The highest BCUT2D eigenvalue weighted by molar-refractivity contribution is 5.85. The predicted octanol–water partition coefficient (Wildman–Crippen LogP) is 3.04. The van der Waals surface area contributed by atoms with Crippen molar-refractivity contribution in [2.24, 2.45) is 11.7 Å². The molecule has 27 heavy (non-hydrogen) atoms. The predicted molar refractivity (Wildman–Crippen MR) is 116 cm³/mol. The Morgan fingerprint density at radius 1 is 1.26 bits per heavy atom. The average Bonchev–Trinajstić information content (AvgIpc) is 2.55. The van der Waals surface area contributed by atoms with Crippen molar-refractivity contribution in [1.82, 2.24) is 10.2 Å². The van der Waals surface area contributed by atoms with E-state index in [-0.39, 0.29) is 42.2 Å². The summed E-state index contributed by atoms with van der Waals surface area (Å²) in [6, 6.07) is 8.10. The lowest BCUT2D eigenvalue weighted by Crippen LogP contribution is -2.53. The third-order valence-corrected chi connectivity index (χ3v) is 5.01. The highest BCUT2D eigenvalue weighted by Gasteiger charge is 2.37. The van der Waals surface area contributed by atoms with Gasteiger partial charge < -0.3 is 20.7 Å². The average molecular weight is 420 g/mol. The lowest BCUT2D eigenvalue weighted by Gasteiger charge is -2.37. The van der Waals surface area contributed by atoms with Gasteiger partial charge in [-0.1, -0.05) is 25.0 Å². The number of ether oxygens (including phenoxy) is 1. The van der Waals surface area contributed by atoms with E-state index in [1.165, 1.54) is 5.56 Å². The molecule has 5 nitrogen and oxygen atoms in total. The Balaban J connectivity index is 0.00000338. The minimum Gasteiger partial charge on any atom is -0.492 e. The van der Waals surface area contributed by atoms with Gasteiger partial charge in [0.15, 0.2) is 0 Å². The van der Waals surface area contributed by atoms with Gasteiger partial charge in [-0.05, 0) is 58.0 Å². The highest BCUT2D eigenvalue weighted by Crippen LogP contribution is 2.31. The van der Waals surface area contributed by atoms with E-state index in [0.717, 1.165) is 44.4 Å². The smallest absolute Gasteiger partial charge is 0.224 e. The normalized spacial score (nSPS) is 21.7. The van der Waals surface area contributed by atoms with E-state index in [1.807, 2.05) is 33.2 Å². The molecule has 0 aliphatic heterocycles. The summed E-state index contributed by atoms with van der Waals surface area (Å²) in [5.74, 6) is 0.929. The Kier molecular flexibility index (Phi) is 12.0. The number of hydrogen-bond donors (Lipinski definition) is 2. The molecule has 0 spiro atoms. The first-order valence-electron chi connectivity index (χ1n) is 9.31. The Labute approximate surface area is 176 Å². The molecule has 0 saturated heterocycles. The third kappa shape index (κ3) is 8.69. The molecular formula is C20H35Cl2N3O2. The van der Waals surface area contributed by atoms with Crippen LogP contribution in [0, 0.1) is 5.92 Å². The summed E-state index contributed by atoms with van der Waals surface area (Å²) in [5, 5.41) is 3.06. The lowest BCUT2D eigenvalue weighted by atomic mass is 9.74. The quantitative estimate of drug-likeness (QED) is 0.679. The summed E-state index contributed by atoms with van der Waals surface area (Å²) >= 11 is 0. The van der Waals surface area contributed by atoms with Gasteiger partial charge in [0.1, 0.15) is 12.4 Å².